The lowest BCUT2D eigenvalue weighted by atomic mass is 10.1. The van der Waals surface area contributed by atoms with E-state index in [9.17, 15) is 0 Å². The predicted octanol–water partition coefficient (Wildman–Crippen LogP) is 3.33. The molecule has 1 aliphatic heterocycles. The molecule has 1 aliphatic carbocycles. The SMILES string of the molecule is C[C@H]1CN(Cc2ccc(CNC3CCCC3)cc2)C[C@H](C)O1. The van der Waals surface area contributed by atoms with Gasteiger partial charge < -0.3 is 10.1 Å². The number of ether oxygens (including phenoxy) is 1. The molecule has 0 bridgehead atoms. The molecule has 3 rings (SSSR count). The second-order valence-corrected chi connectivity index (χ2v) is 7.13. The van der Waals surface area contributed by atoms with Crippen LogP contribution in [0.1, 0.15) is 50.7 Å². The predicted molar refractivity (Wildman–Crippen MR) is 90.8 cm³/mol. The van der Waals surface area contributed by atoms with Crippen molar-refractivity contribution in [3.8, 4) is 0 Å². The Kier molecular flexibility index (Phi) is 5.51. The van der Waals surface area contributed by atoms with Crippen LogP contribution in [0, 0.1) is 0 Å². The molecule has 1 heterocycles. The largest absolute Gasteiger partial charge is 0.373 e. The Labute approximate surface area is 135 Å². The average molecular weight is 302 g/mol. The molecule has 22 heavy (non-hydrogen) atoms. The monoisotopic (exact) mass is 302 g/mol. The third kappa shape index (κ3) is 4.55. The second-order valence-electron chi connectivity index (χ2n) is 7.13. The highest BCUT2D eigenvalue weighted by Gasteiger charge is 2.22. The number of morpholine rings is 1. The lowest BCUT2D eigenvalue weighted by molar-refractivity contribution is -0.0704. The zero-order valence-corrected chi connectivity index (χ0v) is 14.1. The summed E-state index contributed by atoms with van der Waals surface area (Å²) < 4.78 is 5.80. The zero-order chi connectivity index (χ0) is 15.4. The molecule has 0 spiro atoms. The third-order valence-corrected chi connectivity index (χ3v) is 4.87. The van der Waals surface area contributed by atoms with Gasteiger partial charge in [0.15, 0.2) is 0 Å². The topological polar surface area (TPSA) is 24.5 Å². The van der Waals surface area contributed by atoms with Gasteiger partial charge in [-0.25, -0.2) is 0 Å². The summed E-state index contributed by atoms with van der Waals surface area (Å²) in [5.41, 5.74) is 2.81. The van der Waals surface area contributed by atoms with Crippen LogP contribution in [-0.4, -0.2) is 36.2 Å². The van der Waals surface area contributed by atoms with E-state index >= 15 is 0 Å². The van der Waals surface area contributed by atoms with E-state index in [0.717, 1.165) is 32.2 Å². The van der Waals surface area contributed by atoms with Crippen LogP contribution in [0.3, 0.4) is 0 Å². The van der Waals surface area contributed by atoms with E-state index in [0.29, 0.717) is 12.2 Å². The maximum atomic E-state index is 5.80. The molecule has 122 valence electrons. The summed E-state index contributed by atoms with van der Waals surface area (Å²) in [5, 5.41) is 3.68. The van der Waals surface area contributed by atoms with E-state index in [-0.39, 0.29) is 0 Å². The lowest BCUT2D eigenvalue weighted by Crippen LogP contribution is -2.44. The van der Waals surface area contributed by atoms with Crippen molar-refractivity contribution >= 4 is 0 Å². The Bertz CT molecular complexity index is 443. The van der Waals surface area contributed by atoms with Gasteiger partial charge in [-0.05, 0) is 37.8 Å². The Morgan fingerprint density at radius 1 is 1.00 bits per heavy atom. The molecule has 1 aromatic rings. The summed E-state index contributed by atoms with van der Waals surface area (Å²) in [7, 11) is 0. The zero-order valence-electron chi connectivity index (χ0n) is 14.1. The number of nitrogens with one attached hydrogen (secondary N) is 1. The molecule has 3 nitrogen and oxygen atoms in total. The molecule has 1 N–H and O–H groups in total. The van der Waals surface area contributed by atoms with Gasteiger partial charge in [-0.3, -0.25) is 4.90 Å². The van der Waals surface area contributed by atoms with E-state index in [1.54, 1.807) is 0 Å². The standard InChI is InChI=1S/C19H30N2O/c1-15-12-21(13-16(2)22-15)14-18-9-7-17(8-10-18)11-20-19-5-3-4-6-19/h7-10,15-16,19-20H,3-6,11-14H2,1-2H3/t15-,16-/m0/s1. The average Bonchev–Trinajstić information content (AvgIpc) is 2.99. The van der Waals surface area contributed by atoms with Crippen LogP contribution >= 0.6 is 0 Å². The molecule has 0 amide bonds. The Balaban J connectivity index is 1.48. The molecule has 1 saturated carbocycles. The van der Waals surface area contributed by atoms with Gasteiger partial charge in [-0.2, -0.15) is 0 Å². The Hall–Kier alpha value is -0.900. The molecule has 0 unspecified atom stereocenters. The van der Waals surface area contributed by atoms with Gasteiger partial charge in [0, 0.05) is 32.2 Å². The fourth-order valence-corrected chi connectivity index (χ4v) is 3.83. The fourth-order valence-electron chi connectivity index (χ4n) is 3.83. The minimum atomic E-state index is 0.346. The van der Waals surface area contributed by atoms with Gasteiger partial charge in [0.1, 0.15) is 0 Å². The van der Waals surface area contributed by atoms with Crippen LogP contribution in [0.2, 0.25) is 0 Å². The Morgan fingerprint density at radius 2 is 1.59 bits per heavy atom. The molecule has 0 aromatic heterocycles. The van der Waals surface area contributed by atoms with Crippen molar-refractivity contribution in [2.24, 2.45) is 0 Å². The first-order valence-corrected chi connectivity index (χ1v) is 8.88. The molecular weight excluding hydrogens is 272 g/mol. The van der Waals surface area contributed by atoms with Crippen molar-refractivity contribution < 1.29 is 4.74 Å². The summed E-state index contributed by atoms with van der Waals surface area (Å²) in [4.78, 5) is 2.50. The van der Waals surface area contributed by atoms with Crippen molar-refractivity contribution in [2.45, 2.75) is 70.9 Å². The van der Waals surface area contributed by atoms with Crippen molar-refractivity contribution in [1.82, 2.24) is 10.2 Å². The molecule has 2 aliphatic rings. The van der Waals surface area contributed by atoms with Gasteiger partial charge in [0.05, 0.1) is 12.2 Å². The molecule has 0 radical (unpaired) electrons. The third-order valence-electron chi connectivity index (χ3n) is 4.87. The van der Waals surface area contributed by atoms with Crippen molar-refractivity contribution in [1.29, 1.82) is 0 Å². The number of rotatable bonds is 5. The molecule has 1 aromatic carbocycles. The second kappa shape index (κ2) is 7.58. The van der Waals surface area contributed by atoms with Crippen LogP contribution in [0.15, 0.2) is 24.3 Å². The Morgan fingerprint density at radius 3 is 2.23 bits per heavy atom. The van der Waals surface area contributed by atoms with E-state index in [1.807, 2.05) is 0 Å². The highest BCUT2D eigenvalue weighted by molar-refractivity contribution is 5.22. The van der Waals surface area contributed by atoms with Gasteiger partial charge in [-0.15, -0.1) is 0 Å². The van der Waals surface area contributed by atoms with Gasteiger partial charge in [0.2, 0.25) is 0 Å². The van der Waals surface area contributed by atoms with Gasteiger partial charge in [-0.1, -0.05) is 37.1 Å². The van der Waals surface area contributed by atoms with E-state index in [4.69, 9.17) is 4.74 Å². The summed E-state index contributed by atoms with van der Waals surface area (Å²) in [6.45, 7) is 8.45. The van der Waals surface area contributed by atoms with Crippen molar-refractivity contribution in [2.75, 3.05) is 13.1 Å². The van der Waals surface area contributed by atoms with Crippen LogP contribution in [-0.2, 0) is 17.8 Å². The highest BCUT2D eigenvalue weighted by Crippen LogP contribution is 2.18. The molecule has 1 saturated heterocycles. The van der Waals surface area contributed by atoms with Crippen LogP contribution in [0.25, 0.3) is 0 Å². The highest BCUT2D eigenvalue weighted by atomic mass is 16.5. The summed E-state index contributed by atoms with van der Waals surface area (Å²) >= 11 is 0. The van der Waals surface area contributed by atoms with Crippen LogP contribution < -0.4 is 5.32 Å². The first kappa shape index (κ1) is 16.0. The van der Waals surface area contributed by atoms with Gasteiger partial charge in [0.25, 0.3) is 0 Å². The summed E-state index contributed by atoms with van der Waals surface area (Å²) in [6.07, 6.45) is 6.19. The lowest BCUT2D eigenvalue weighted by Gasteiger charge is -2.35. The van der Waals surface area contributed by atoms with Crippen molar-refractivity contribution in [3.63, 3.8) is 0 Å². The quantitative estimate of drug-likeness (QED) is 0.903. The number of nitrogens with zero attached hydrogens (tertiary/aromatic N) is 1. The summed E-state index contributed by atoms with van der Waals surface area (Å²) in [6, 6.07) is 9.89. The molecular formula is C19H30N2O. The van der Waals surface area contributed by atoms with Crippen LogP contribution in [0.4, 0.5) is 0 Å². The van der Waals surface area contributed by atoms with E-state index in [2.05, 4.69) is 48.3 Å². The van der Waals surface area contributed by atoms with Crippen LogP contribution in [0.5, 0.6) is 0 Å². The minimum absolute atomic E-state index is 0.346. The number of benzene rings is 1. The fraction of sp³-hybridized carbons (Fsp3) is 0.684. The normalized spacial score (nSPS) is 27.4. The number of hydrogen-bond acceptors (Lipinski definition) is 3. The molecule has 2 atom stereocenters. The smallest absolute Gasteiger partial charge is 0.0678 e. The van der Waals surface area contributed by atoms with E-state index in [1.165, 1.54) is 36.8 Å². The summed E-state index contributed by atoms with van der Waals surface area (Å²) in [5.74, 6) is 0. The molecule has 3 heteroatoms. The number of hydrogen-bond donors (Lipinski definition) is 1. The first-order valence-electron chi connectivity index (χ1n) is 8.88. The first-order chi connectivity index (χ1) is 10.7. The maximum Gasteiger partial charge on any atom is 0.0678 e. The molecule has 2 fully saturated rings. The van der Waals surface area contributed by atoms with Crippen molar-refractivity contribution in [3.05, 3.63) is 35.4 Å². The van der Waals surface area contributed by atoms with Gasteiger partial charge >= 0.3 is 0 Å². The van der Waals surface area contributed by atoms with E-state index < -0.39 is 0 Å². The minimum Gasteiger partial charge on any atom is -0.373 e. The maximum absolute atomic E-state index is 5.80.